The first kappa shape index (κ1) is 25.3. The third-order valence-electron chi connectivity index (χ3n) is 3.94. The van der Waals surface area contributed by atoms with Crippen LogP contribution in [0.3, 0.4) is 0 Å². The highest BCUT2D eigenvalue weighted by Crippen LogP contribution is 2.40. The highest BCUT2D eigenvalue weighted by atomic mass is 33.1. The summed E-state index contributed by atoms with van der Waals surface area (Å²) in [5, 5.41) is 0. The minimum atomic E-state index is -1.81. The van der Waals surface area contributed by atoms with Gasteiger partial charge in [0, 0.05) is 18.7 Å². The average molecular weight is 472 g/mol. The molecular formula is C17H26BN4O5PS2. The summed E-state index contributed by atoms with van der Waals surface area (Å²) in [6, 6.07) is 3.80. The van der Waals surface area contributed by atoms with Crippen molar-refractivity contribution in [3.8, 4) is 12.0 Å². The fourth-order valence-electron chi connectivity index (χ4n) is 2.57. The number of ether oxygens (including phenoxy) is 2. The van der Waals surface area contributed by atoms with Gasteiger partial charge >= 0.3 is 5.69 Å². The average Bonchev–Trinajstić information content (AvgIpc) is 3.05. The van der Waals surface area contributed by atoms with Gasteiger partial charge in [-0.25, -0.2) is 4.79 Å². The van der Waals surface area contributed by atoms with Crippen molar-refractivity contribution >= 4 is 43.6 Å². The Kier molecular flexibility index (Phi) is 9.82. The molecule has 1 saturated heterocycles. The van der Waals surface area contributed by atoms with Crippen LogP contribution in [0.1, 0.15) is 33.4 Å². The molecule has 2 rings (SSSR count). The zero-order valence-electron chi connectivity index (χ0n) is 17.1. The Morgan fingerprint density at radius 1 is 1.60 bits per heavy atom. The van der Waals surface area contributed by atoms with Crippen LogP contribution < -0.4 is 17.2 Å². The number of nitrogen functional groups attached to an aromatic ring is 1. The molecule has 1 fully saturated rings. The van der Waals surface area contributed by atoms with Crippen LogP contribution in [0, 0.1) is 12.0 Å². The maximum atomic E-state index is 12.2. The molecule has 1 aliphatic heterocycles. The van der Waals surface area contributed by atoms with Crippen molar-refractivity contribution in [1.29, 1.82) is 0 Å². The van der Waals surface area contributed by atoms with Gasteiger partial charge in [-0.3, -0.25) is 4.57 Å². The molecule has 1 aromatic rings. The number of aromatic nitrogens is 2. The third-order valence-corrected chi connectivity index (χ3v) is 7.86. The van der Waals surface area contributed by atoms with Gasteiger partial charge < -0.3 is 30.4 Å². The van der Waals surface area contributed by atoms with Crippen LogP contribution in [0.4, 0.5) is 5.82 Å². The van der Waals surface area contributed by atoms with Crippen LogP contribution in [0.25, 0.3) is 0 Å². The first-order chi connectivity index (χ1) is 14.1. The number of rotatable bonds is 10. The number of nitrogens with two attached hydrogens (primary N) is 2. The quantitative estimate of drug-likeness (QED) is 0.0872. The van der Waals surface area contributed by atoms with Crippen molar-refractivity contribution in [2.24, 2.45) is 5.73 Å². The molecule has 0 bridgehead atoms. The molecule has 3 unspecified atom stereocenters. The zero-order chi connectivity index (χ0) is 22.3. The topological polar surface area (TPSA) is 135 Å². The maximum absolute atomic E-state index is 12.2. The van der Waals surface area contributed by atoms with E-state index in [4.69, 9.17) is 33.3 Å². The molecule has 164 valence electrons. The zero-order valence-corrected chi connectivity index (χ0v) is 19.6. The van der Waals surface area contributed by atoms with Crippen LogP contribution in [0.2, 0.25) is 0 Å². The lowest BCUT2D eigenvalue weighted by Crippen LogP contribution is -2.29. The van der Waals surface area contributed by atoms with E-state index in [0.29, 0.717) is 12.4 Å². The van der Waals surface area contributed by atoms with Crippen molar-refractivity contribution in [3.63, 3.8) is 0 Å². The Bertz CT molecular complexity index is 816. The summed E-state index contributed by atoms with van der Waals surface area (Å²) in [4.78, 5) is 26.1. The fraction of sp³-hybridized carbons (Fsp3) is 0.647. The second kappa shape index (κ2) is 11.6. The van der Waals surface area contributed by atoms with Gasteiger partial charge in [-0.1, -0.05) is 41.4 Å². The lowest BCUT2D eigenvalue weighted by molar-refractivity contribution is -0.0504. The van der Waals surface area contributed by atoms with E-state index < -0.39 is 32.1 Å². The normalized spacial score (nSPS) is 23.5. The lowest BCUT2D eigenvalue weighted by Gasteiger charge is -2.22. The van der Waals surface area contributed by atoms with E-state index in [9.17, 15) is 9.69 Å². The molecule has 13 heteroatoms. The number of nitrogens with zero attached hydrogens (tertiary/aromatic N) is 2. The molecule has 1 aromatic heterocycles. The summed E-state index contributed by atoms with van der Waals surface area (Å²) >= 11 is 0. The Hall–Kier alpha value is -0.925. The Morgan fingerprint density at radius 2 is 2.33 bits per heavy atom. The van der Waals surface area contributed by atoms with E-state index in [0.717, 1.165) is 0 Å². The molecule has 9 nitrogen and oxygen atoms in total. The van der Waals surface area contributed by atoms with Crippen molar-refractivity contribution in [1.82, 2.24) is 9.55 Å². The molecule has 1 aliphatic rings. The standard InChI is InChI=1S/C17H26BN4O5PS2/c1-11(4-6-19)28(24)26-9-13-12(25-10-29-30-17(2,3)18)8-15(27-13)22-7-5-14(20)21-16(22)23/h5,7,11-13,15,24H,8-10,19H2,1-3H3,(H2,20,21,23)/t11?,12-,13?,15-,28?/m1/s1. The summed E-state index contributed by atoms with van der Waals surface area (Å²) in [6.07, 6.45) is 0.519. The molecule has 0 spiro atoms. The third kappa shape index (κ3) is 7.96. The van der Waals surface area contributed by atoms with E-state index in [1.165, 1.54) is 38.4 Å². The van der Waals surface area contributed by atoms with Crippen LogP contribution in [0.15, 0.2) is 17.1 Å². The van der Waals surface area contributed by atoms with Crippen molar-refractivity contribution in [3.05, 3.63) is 22.7 Å². The molecular weight excluding hydrogens is 446 g/mol. The monoisotopic (exact) mass is 472 g/mol. The predicted molar refractivity (Wildman–Crippen MR) is 123 cm³/mol. The minimum absolute atomic E-state index is 0.0807. The number of anilines is 1. The second-order valence-electron chi connectivity index (χ2n) is 7.10. The lowest BCUT2D eigenvalue weighted by atomic mass is 9.91. The van der Waals surface area contributed by atoms with Gasteiger partial charge in [0.25, 0.3) is 0 Å². The van der Waals surface area contributed by atoms with E-state index in [-0.39, 0.29) is 23.2 Å². The largest absolute Gasteiger partial charge is 0.383 e. The van der Waals surface area contributed by atoms with Gasteiger partial charge in [0.2, 0.25) is 0 Å². The van der Waals surface area contributed by atoms with Gasteiger partial charge in [-0.15, -0.1) is 0 Å². The molecule has 0 aliphatic carbocycles. The molecule has 5 atom stereocenters. The van der Waals surface area contributed by atoms with Crippen molar-refractivity contribution in [2.45, 2.75) is 55.9 Å². The van der Waals surface area contributed by atoms with Crippen molar-refractivity contribution in [2.75, 3.05) is 18.3 Å². The summed E-state index contributed by atoms with van der Waals surface area (Å²) in [5.41, 5.74) is 9.84. The summed E-state index contributed by atoms with van der Waals surface area (Å²) in [5.74, 6) is 3.18. The molecule has 5 N–H and O–H groups in total. The molecule has 30 heavy (non-hydrogen) atoms. The highest BCUT2D eigenvalue weighted by Gasteiger charge is 2.38. The van der Waals surface area contributed by atoms with E-state index in [1.807, 2.05) is 13.8 Å². The van der Waals surface area contributed by atoms with Gasteiger partial charge in [0.1, 0.15) is 24.1 Å². The first-order valence-electron chi connectivity index (χ1n) is 9.14. The van der Waals surface area contributed by atoms with Crippen LogP contribution in [-0.4, -0.2) is 57.3 Å². The summed E-state index contributed by atoms with van der Waals surface area (Å²) in [6.45, 7) is 5.62. The molecule has 2 heterocycles. The van der Waals surface area contributed by atoms with Gasteiger partial charge in [0.15, 0.2) is 8.38 Å². The molecule has 0 saturated carbocycles. The summed E-state index contributed by atoms with van der Waals surface area (Å²) in [7, 11) is 7.14. The number of hydrogen-bond donors (Lipinski definition) is 3. The first-order valence-corrected chi connectivity index (χ1v) is 12.7. The van der Waals surface area contributed by atoms with E-state index in [2.05, 4.69) is 16.9 Å². The highest BCUT2D eigenvalue weighted by molar-refractivity contribution is 8.77. The van der Waals surface area contributed by atoms with Crippen LogP contribution in [-0.2, 0) is 14.0 Å². The van der Waals surface area contributed by atoms with Gasteiger partial charge in [0.05, 0.1) is 26.2 Å². The molecule has 0 amide bonds. The SMILES string of the molecule is [B]C(C)(C)SSCO[C@@H]1C[C@H](n2ccc(N)nc2=O)OC1COP(O)C(C)C#CN. The Labute approximate surface area is 186 Å². The van der Waals surface area contributed by atoms with Gasteiger partial charge in [-0.05, 0) is 17.6 Å². The van der Waals surface area contributed by atoms with E-state index in [1.54, 1.807) is 6.92 Å². The molecule has 2 radical (unpaired) electrons. The van der Waals surface area contributed by atoms with Crippen LogP contribution in [0.5, 0.6) is 0 Å². The second-order valence-corrected chi connectivity index (χ2v) is 11.6. The smallest absolute Gasteiger partial charge is 0.351 e. The minimum Gasteiger partial charge on any atom is -0.383 e. The maximum Gasteiger partial charge on any atom is 0.351 e. The number of hydrogen-bond acceptors (Lipinski definition) is 10. The van der Waals surface area contributed by atoms with Crippen LogP contribution >= 0.6 is 30.0 Å². The Balaban J connectivity index is 2.03. The Morgan fingerprint density at radius 3 is 2.97 bits per heavy atom. The van der Waals surface area contributed by atoms with E-state index >= 15 is 0 Å². The predicted octanol–water partition coefficient (Wildman–Crippen LogP) is 1.37. The fourth-order valence-corrected chi connectivity index (χ4v) is 5.08. The van der Waals surface area contributed by atoms with Gasteiger partial charge in [-0.2, -0.15) is 4.98 Å². The van der Waals surface area contributed by atoms with Crippen molar-refractivity contribution < 1.29 is 18.9 Å². The molecule has 0 aromatic carbocycles. The summed E-state index contributed by atoms with van der Waals surface area (Å²) < 4.78 is 18.5.